The largest absolute Gasteiger partial charge is 0.398 e. The molecular formula is C9H6BrClN2. The molecule has 0 saturated carbocycles. The van der Waals surface area contributed by atoms with E-state index in [1.165, 1.54) is 0 Å². The molecule has 0 amide bonds. The van der Waals surface area contributed by atoms with Gasteiger partial charge in [-0.3, -0.25) is 4.98 Å². The minimum Gasteiger partial charge on any atom is -0.398 e. The van der Waals surface area contributed by atoms with Crippen molar-refractivity contribution in [1.29, 1.82) is 0 Å². The molecule has 1 aromatic carbocycles. The van der Waals surface area contributed by atoms with Gasteiger partial charge < -0.3 is 5.73 Å². The minimum atomic E-state index is 0.629. The van der Waals surface area contributed by atoms with Gasteiger partial charge in [0.2, 0.25) is 0 Å². The summed E-state index contributed by atoms with van der Waals surface area (Å²) in [7, 11) is 0. The lowest BCUT2D eigenvalue weighted by Gasteiger charge is -2.04. The number of hydrogen-bond donors (Lipinski definition) is 1. The summed E-state index contributed by atoms with van der Waals surface area (Å²) >= 11 is 9.38. The van der Waals surface area contributed by atoms with Crippen LogP contribution in [0.1, 0.15) is 0 Å². The maximum atomic E-state index is 5.99. The lowest BCUT2D eigenvalue weighted by atomic mass is 10.2. The van der Waals surface area contributed by atoms with Crippen LogP contribution in [0.15, 0.2) is 28.9 Å². The highest BCUT2D eigenvalue weighted by Crippen LogP contribution is 2.31. The summed E-state index contributed by atoms with van der Waals surface area (Å²) in [5.41, 5.74) is 7.23. The van der Waals surface area contributed by atoms with E-state index in [2.05, 4.69) is 20.9 Å². The van der Waals surface area contributed by atoms with Crippen molar-refractivity contribution in [1.82, 2.24) is 4.98 Å². The first-order chi connectivity index (χ1) is 6.20. The maximum absolute atomic E-state index is 5.99. The van der Waals surface area contributed by atoms with Gasteiger partial charge in [0.15, 0.2) is 0 Å². The fourth-order valence-electron chi connectivity index (χ4n) is 1.22. The summed E-state index contributed by atoms with van der Waals surface area (Å²) in [6.45, 7) is 0. The summed E-state index contributed by atoms with van der Waals surface area (Å²) < 4.78 is 0.902. The van der Waals surface area contributed by atoms with Crippen molar-refractivity contribution in [2.45, 2.75) is 0 Å². The van der Waals surface area contributed by atoms with Crippen molar-refractivity contribution >= 4 is 44.1 Å². The molecule has 66 valence electrons. The van der Waals surface area contributed by atoms with Gasteiger partial charge in [-0.25, -0.2) is 0 Å². The van der Waals surface area contributed by atoms with Crippen molar-refractivity contribution in [2.75, 3.05) is 5.73 Å². The van der Waals surface area contributed by atoms with Crippen LogP contribution >= 0.6 is 27.5 Å². The van der Waals surface area contributed by atoms with Crippen LogP contribution in [0.2, 0.25) is 5.02 Å². The third-order valence-corrected chi connectivity index (χ3v) is 2.78. The standard InChI is InChI=1S/C9H6BrClN2/c10-5-1-2-6(11)8-7(12)3-4-13-9(5)8/h1-4H,(H2,12,13). The van der Waals surface area contributed by atoms with Crippen LogP contribution in [0.3, 0.4) is 0 Å². The van der Waals surface area contributed by atoms with E-state index in [1.807, 2.05) is 6.07 Å². The van der Waals surface area contributed by atoms with E-state index in [1.54, 1.807) is 18.3 Å². The summed E-state index contributed by atoms with van der Waals surface area (Å²) in [6, 6.07) is 5.39. The van der Waals surface area contributed by atoms with E-state index in [0.717, 1.165) is 15.4 Å². The van der Waals surface area contributed by atoms with Gasteiger partial charge >= 0.3 is 0 Å². The van der Waals surface area contributed by atoms with Gasteiger partial charge in [0, 0.05) is 21.7 Å². The van der Waals surface area contributed by atoms with Crippen molar-refractivity contribution in [3.63, 3.8) is 0 Å². The van der Waals surface area contributed by atoms with Crippen molar-refractivity contribution in [3.05, 3.63) is 33.9 Å². The molecule has 2 rings (SSSR count). The number of nitrogens with two attached hydrogens (primary N) is 1. The molecule has 0 saturated heterocycles. The smallest absolute Gasteiger partial charge is 0.0879 e. The third kappa shape index (κ3) is 1.38. The number of nitrogen functional groups attached to an aromatic ring is 1. The molecule has 1 heterocycles. The number of halogens is 2. The Morgan fingerprint density at radius 2 is 2.08 bits per heavy atom. The van der Waals surface area contributed by atoms with Gasteiger partial charge in [0.25, 0.3) is 0 Å². The van der Waals surface area contributed by atoms with Crippen molar-refractivity contribution < 1.29 is 0 Å². The summed E-state index contributed by atoms with van der Waals surface area (Å²) in [5, 5.41) is 1.43. The predicted molar refractivity (Wildman–Crippen MR) is 58.9 cm³/mol. The van der Waals surface area contributed by atoms with Crippen LogP contribution in [0, 0.1) is 0 Å². The zero-order valence-electron chi connectivity index (χ0n) is 6.59. The van der Waals surface area contributed by atoms with Crippen molar-refractivity contribution in [3.8, 4) is 0 Å². The second-order valence-corrected chi connectivity index (χ2v) is 3.91. The number of pyridine rings is 1. The quantitative estimate of drug-likeness (QED) is 0.787. The van der Waals surface area contributed by atoms with Gasteiger partial charge in [-0.15, -0.1) is 0 Å². The minimum absolute atomic E-state index is 0.629. The number of fused-ring (bicyclic) bond motifs is 1. The Kier molecular flexibility index (Phi) is 2.14. The highest BCUT2D eigenvalue weighted by atomic mass is 79.9. The lowest BCUT2D eigenvalue weighted by Crippen LogP contribution is -1.89. The molecule has 2 nitrogen and oxygen atoms in total. The molecule has 0 unspecified atom stereocenters. The number of rotatable bonds is 0. The number of anilines is 1. The lowest BCUT2D eigenvalue weighted by molar-refractivity contribution is 1.40. The molecule has 0 bridgehead atoms. The van der Waals surface area contributed by atoms with E-state index in [0.29, 0.717) is 10.7 Å². The van der Waals surface area contributed by atoms with Gasteiger partial charge in [0.05, 0.1) is 10.5 Å². The second-order valence-electron chi connectivity index (χ2n) is 2.65. The molecule has 0 aliphatic rings. The molecule has 0 fully saturated rings. The van der Waals surface area contributed by atoms with E-state index < -0.39 is 0 Å². The summed E-state index contributed by atoms with van der Waals surface area (Å²) in [6.07, 6.45) is 1.67. The van der Waals surface area contributed by atoms with Crippen molar-refractivity contribution in [2.24, 2.45) is 0 Å². The zero-order valence-corrected chi connectivity index (χ0v) is 8.93. The predicted octanol–water partition coefficient (Wildman–Crippen LogP) is 3.23. The Labute approximate surface area is 88.8 Å². The highest BCUT2D eigenvalue weighted by molar-refractivity contribution is 9.10. The van der Waals surface area contributed by atoms with Gasteiger partial charge in [-0.05, 0) is 34.1 Å². The van der Waals surface area contributed by atoms with Gasteiger partial charge in [-0.1, -0.05) is 11.6 Å². The normalized spacial score (nSPS) is 10.6. The van der Waals surface area contributed by atoms with E-state index in [-0.39, 0.29) is 0 Å². The zero-order chi connectivity index (χ0) is 9.42. The number of nitrogens with zero attached hydrogens (tertiary/aromatic N) is 1. The molecule has 2 aromatic rings. The molecule has 0 aliphatic heterocycles. The Morgan fingerprint density at radius 3 is 2.77 bits per heavy atom. The number of hydrogen-bond acceptors (Lipinski definition) is 2. The first-order valence-corrected chi connectivity index (χ1v) is 4.85. The first-order valence-electron chi connectivity index (χ1n) is 3.68. The average Bonchev–Trinajstić information content (AvgIpc) is 2.12. The van der Waals surface area contributed by atoms with Crippen LogP contribution in [-0.4, -0.2) is 4.98 Å². The van der Waals surface area contributed by atoms with Crippen LogP contribution < -0.4 is 5.73 Å². The summed E-state index contributed by atoms with van der Waals surface area (Å²) in [5.74, 6) is 0. The Balaban J connectivity index is 3.00. The van der Waals surface area contributed by atoms with E-state index >= 15 is 0 Å². The number of aromatic nitrogens is 1. The first kappa shape index (κ1) is 8.78. The molecule has 13 heavy (non-hydrogen) atoms. The molecule has 0 radical (unpaired) electrons. The molecule has 4 heteroatoms. The van der Waals surface area contributed by atoms with Crippen LogP contribution in [0.4, 0.5) is 5.69 Å². The fraction of sp³-hybridized carbons (Fsp3) is 0. The Bertz CT molecular complexity index is 462. The molecular weight excluding hydrogens is 251 g/mol. The summed E-state index contributed by atoms with van der Waals surface area (Å²) in [4.78, 5) is 4.19. The second kappa shape index (κ2) is 3.16. The van der Waals surface area contributed by atoms with E-state index in [9.17, 15) is 0 Å². The molecule has 0 spiro atoms. The topological polar surface area (TPSA) is 38.9 Å². The van der Waals surface area contributed by atoms with Gasteiger partial charge in [0.1, 0.15) is 0 Å². The fourth-order valence-corrected chi connectivity index (χ4v) is 1.91. The maximum Gasteiger partial charge on any atom is 0.0879 e. The molecule has 0 atom stereocenters. The molecule has 2 N–H and O–H groups in total. The van der Waals surface area contributed by atoms with Crippen LogP contribution in [0.5, 0.6) is 0 Å². The van der Waals surface area contributed by atoms with Crippen LogP contribution in [-0.2, 0) is 0 Å². The monoisotopic (exact) mass is 256 g/mol. The average molecular weight is 258 g/mol. The molecule has 1 aromatic heterocycles. The van der Waals surface area contributed by atoms with Gasteiger partial charge in [-0.2, -0.15) is 0 Å². The van der Waals surface area contributed by atoms with E-state index in [4.69, 9.17) is 17.3 Å². The third-order valence-electron chi connectivity index (χ3n) is 1.82. The SMILES string of the molecule is Nc1ccnc2c(Br)ccc(Cl)c12. The Morgan fingerprint density at radius 1 is 1.31 bits per heavy atom. The van der Waals surface area contributed by atoms with Crippen LogP contribution in [0.25, 0.3) is 10.9 Å². The Hall–Kier alpha value is -0.800. The number of benzene rings is 1. The highest BCUT2D eigenvalue weighted by Gasteiger charge is 2.06. The molecule has 0 aliphatic carbocycles.